The molecule has 0 aromatic rings. The molecular formula is C8H14O3. The van der Waals surface area contributed by atoms with Crippen molar-refractivity contribution in [1.29, 1.82) is 0 Å². The molecular weight excluding hydrogens is 144 g/mol. The summed E-state index contributed by atoms with van der Waals surface area (Å²) in [7, 11) is 0. The normalized spacial score (nSPS) is 22.7. The maximum Gasteiger partial charge on any atom is 0.335 e. The fourth-order valence-corrected chi connectivity index (χ4v) is 1.43. The molecule has 0 aromatic carbocycles. The number of hydrogen-bond donors (Lipinski definition) is 2. The van der Waals surface area contributed by atoms with E-state index in [2.05, 4.69) is 0 Å². The highest BCUT2D eigenvalue weighted by Gasteiger charge is 2.48. The third-order valence-electron chi connectivity index (χ3n) is 2.25. The van der Waals surface area contributed by atoms with Crippen molar-refractivity contribution in [1.82, 2.24) is 0 Å². The summed E-state index contributed by atoms with van der Waals surface area (Å²) in [5.74, 6) is -1.04. The van der Waals surface area contributed by atoms with Crippen LogP contribution in [-0.2, 0) is 4.79 Å². The Morgan fingerprint density at radius 2 is 2.18 bits per heavy atom. The second-order valence-corrected chi connectivity index (χ2v) is 3.25. The minimum Gasteiger partial charge on any atom is -0.479 e. The average molecular weight is 158 g/mol. The lowest BCUT2D eigenvalue weighted by Gasteiger charge is -2.21. The van der Waals surface area contributed by atoms with E-state index in [0.29, 0.717) is 6.42 Å². The molecule has 0 spiro atoms. The maximum absolute atomic E-state index is 10.6. The van der Waals surface area contributed by atoms with Gasteiger partial charge in [-0.3, -0.25) is 0 Å². The third kappa shape index (κ3) is 1.53. The Kier molecular flexibility index (Phi) is 2.18. The van der Waals surface area contributed by atoms with Crippen molar-refractivity contribution in [3.63, 3.8) is 0 Å². The van der Waals surface area contributed by atoms with Crippen molar-refractivity contribution < 1.29 is 15.0 Å². The number of carbonyl (C=O) groups is 1. The summed E-state index contributed by atoms with van der Waals surface area (Å²) in [4.78, 5) is 10.6. The lowest BCUT2D eigenvalue weighted by molar-refractivity contribution is -0.161. The van der Waals surface area contributed by atoms with E-state index in [4.69, 9.17) is 5.11 Å². The monoisotopic (exact) mass is 158 g/mol. The molecule has 0 heterocycles. The average Bonchev–Trinajstić information content (AvgIpc) is 2.68. The number of rotatable bonds is 4. The Hall–Kier alpha value is -0.570. The number of aliphatic hydroxyl groups is 1. The Labute approximate surface area is 66.0 Å². The molecule has 0 amide bonds. The molecule has 2 N–H and O–H groups in total. The van der Waals surface area contributed by atoms with Gasteiger partial charge in [0.2, 0.25) is 0 Å². The molecule has 3 heteroatoms. The van der Waals surface area contributed by atoms with E-state index >= 15 is 0 Å². The van der Waals surface area contributed by atoms with Crippen LogP contribution in [0.2, 0.25) is 0 Å². The topological polar surface area (TPSA) is 57.5 Å². The second kappa shape index (κ2) is 2.81. The van der Waals surface area contributed by atoms with Crippen molar-refractivity contribution in [3.05, 3.63) is 0 Å². The summed E-state index contributed by atoms with van der Waals surface area (Å²) in [6, 6.07) is 0. The number of aliphatic carboxylic acids is 1. The SMILES string of the molecule is CCCC(O)(C(=O)O)C1CC1. The highest BCUT2D eigenvalue weighted by molar-refractivity contribution is 5.78. The van der Waals surface area contributed by atoms with Gasteiger partial charge in [-0.25, -0.2) is 4.79 Å². The van der Waals surface area contributed by atoms with Gasteiger partial charge >= 0.3 is 5.97 Å². The molecule has 0 aromatic heterocycles. The van der Waals surface area contributed by atoms with Crippen molar-refractivity contribution in [3.8, 4) is 0 Å². The van der Waals surface area contributed by atoms with E-state index < -0.39 is 11.6 Å². The highest BCUT2D eigenvalue weighted by atomic mass is 16.4. The molecule has 0 bridgehead atoms. The van der Waals surface area contributed by atoms with Crippen LogP contribution in [0.3, 0.4) is 0 Å². The molecule has 3 nitrogen and oxygen atoms in total. The van der Waals surface area contributed by atoms with E-state index in [1.165, 1.54) is 0 Å². The standard InChI is InChI=1S/C8H14O3/c1-2-5-8(11,7(9)10)6-3-4-6/h6,11H,2-5H2,1H3,(H,9,10). The Balaban J connectivity index is 2.61. The van der Waals surface area contributed by atoms with Gasteiger partial charge in [-0.15, -0.1) is 0 Å². The van der Waals surface area contributed by atoms with Crippen LogP contribution in [0.4, 0.5) is 0 Å². The lowest BCUT2D eigenvalue weighted by Crippen LogP contribution is -2.40. The van der Waals surface area contributed by atoms with Crippen LogP contribution in [0.1, 0.15) is 32.6 Å². The third-order valence-corrected chi connectivity index (χ3v) is 2.25. The van der Waals surface area contributed by atoms with E-state index in [9.17, 15) is 9.90 Å². The van der Waals surface area contributed by atoms with Crippen molar-refractivity contribution >= 4 is 5.97 Å². The molecule has 1 atom stereocenters. The lowest BCUT2D eigenvalue weighted by atomic mass is 9.93. The number of carboxylic acid groups (broad SMARTS) is 1. The Bertz CT molecular complexity index is 163. The first kappa shape index (κ1) is 8.53. The summed E-state index contributed by atoms with van der Waals surface area (Å²) in [6.07, 6.45) is 2.83. The van der Waals surface area contributed by atoms with Gasteiger partial charge in [0, 0.05) is 0 Å². The summed E-state index contributed by atoms with van der Waals surface area (Å²) in [6.45, 7) is 1.89. The smallest absolute Gasteiger partial charge is 0.335 e. The number of hydrogen-bond acceptors (Lipinski definition) is 2. The van der Waals surface area contributed by atoms with E-state index in [1.807, 2.05) is 6.92 Å². The summed E-state index contributed by atoms with van der Waals surface area (Å²) in [5.41, 5.74) is -1.42. The van der Waals surface area contributed by atoms with Gasteiger partial charge in [0.1, 0.15) is 0 Å². The van der Waals surface area contributed by atoms with E-state index in [-0.39, 0.29) is 5.92 Å². The van der Waals surface area contributed by atoms with Gasteiger partial charge in [0.05, 0.1) is 0 Å². The van der Waals surface area contributed by atoms with Gasteiger partial charge in [0.25, 0.3) is 0 Å². The summed E-state index contributed by atoms with van der Waals surface area (Å²) in [5, 5.41) is 18.4. The fourth-order valence-electron chi connectivity index (χ4n) is 1.43. The Morgan fingerprint density at radius 1 is 1.64 bits per heavy atom. The minimum absolute atomic E-state index is 0.0138. The minimum atomic E-state index is -1.42. The molecule has 1 aliphatic rings. The van der Waals surface area contributed by atoms with Gasteiger partial charge in [-0.2, -0.15) is 0 Å². The molecule has 1 fully saturated rings. The predicted molar refractivity (Wildman–Crippen MR) is 40.2 cm³/mol. The quantitative estimate of drug-likeness (QED) is 0.642. The zero-order valence-corrected chi connectivity index (χ0v) is 6.71. The van der Waals surface area contributed by atoms with Crippen LogP contribution >= 0.6 is 0 Å². The maximum atomic E-state index is 10.6. The molecule has 1 saturated carbocycles. The molecule has 1 rings (SSSR count). The molecule has 64 valence electrons. The van der Waals surface area contributed by atoms with Crippen LogP contribution in [0.5, 0.6) is 0 Å². The van der Waals surface area contributed by atoms with E-state index in [1.54, 1.807) is 0 Å². The predicted octanol–water partition coefficient (Wildman–Crippen LogP) is 1.01. The zero-order chi connectivity index (χ0) is 8.48. The molecule has 0 saturated heterocycles. The van der Waals surface area contributed by atoms with Gasteiger partial charge < -0.3 is 10.2 Å². The highest BCUT2D eigenvalue weighted by Crippen LogP contribution is 2.42. The molecule has 0 aliphatic heterocycles. The first-order valence-electron chi connectivity index (χ1n) is 4.07. The van der Waals surface area contributed by atoms with Crippen LogP contribution in [0, 0.1) is 5.92 Å². The zero-order valence-electron chi connectivity index (χ0n) is 6.71. The number of carboxylic acids is 1. The van der Waals surface area contributed by atoms with Crippen LogP contribution in [0.15, 0.2) is 0 Å². The van der Waals surface area contributed by atoms with Crippen LogP contribution in [-0.4, -0.2) is 21.8 Å². The Morgan fingerprint density at radius 3 is 2.45 bits per heavy atom. The first-order chi connectivity index (χ1) is 5.11. The van der Waals surface area contributed by atoms with Crippen molar-refractivity contribution in [2.75, 3.05) is 0 Å². The van der Waals surface area contributed by atoms with Crippen molar-refractivity contribution in [2.24, 2.45) is 5.92 Å². The van der Waals surface area contributed by atoms with Crippen molar-refractivity contribution in [2.45, 2.75) is 38.2 Å². The van der Waals surface area contributed by atoms with Gasteiger partial charge in [0.15, 0.2) is 5.60 Å². The van der Waals surface area contributed by atoms with Crippen LogP contribution in [0.25, 0.3) is 0 Å². The molecule has 1 aliphatic carbocycles. The fraction of sp³-hybridized carbons (Fsp3) is 0.875. The largest absolute Gasteiger partial charge is 0.479 e. The van der Waals surface area contributed by atoms with Gasteiger partial charge in [-0.05, 0) is 25.2 Å². The van der Waals surface area contributed by atoms with Gasteiger partial charge in [-0.1, -0.05) is 13.3 Å². The molecule has 1 unspecified atom stereocenters. The summed E-state index contributed by atoms with van der Waals surface area (Å²) >= 11 is 0. The molecule has 11 heavy (non-hydrogen) atoms. The van der Waals surface area contributed by atoms with Crippen LogP contribution < -0.4 is 0 Å². The first-order valence-corrected chi connectivity index (χ1v) is 4.07. The summed E-state index contributed by atoms with van der Waals surface area (Å²) < 4.78 is 0. The molecule has 0 radical (unpaired) electrons. The second-order valence-electron chi connectivity index (χ2n) is 3.25. The van der Waals surface area contributed by atoms with E-state index in [0.717, 1.165) is 19.3 Å².